The monoisotopic (exact) mass is 381 g/mol. The second kappa shape index (κ2) is 10.2. The van der Waals surface area contributed by atoms with Gasteiger partial charge in [-0.1, -0.05) is 37.3 Å². The zero-order chi connectivity index (χ0) is 19.8. The maximum absolute atomic E-state index is 12.5. The van der Waals surface area contributed by atoms with Crippen molar-refractivity contribution in [3.63, 3.8) is 0 Å². The predicted molar refractivity (Wildman–Crippen MR) is 114 cm³/mol. The fourth-order valence-electron chi connectivity index (χ4n) is 3.48. The molecule has 1 fully saturated rings. The van der Waals surface area contributed by atoms with Crippen molar-refractivity contribution in [2.24, 2.45) is 0 Å². The summed E-state index contributed by atoms with van der Waals surface area (Å²) < 4.78 is 5.58. The van der Waals surface area contributed by atoms with Crippen molar-refractivity contribution in [2.75, 3.05) is 45.1 Å². The third-order valence-electron chi connectivity index (χ3n) is 5.16. The zero-order valence-corrected chi connectivity index (χ0v) is 16.8. The Morgan fingerprint density at radius 3 is 2.43 bits per heavy atom. The van der Waals surface area contributed by atoms with Crippen LogP contribution in [0.5, 0.6) is 5.75 Å². The lowest BCUT2D eigenvalue weighted by Gasteiger charge is -2.34. The predicted octanol–water partition coefficient (Wildman–Crippen LogP) is 3.45. The number of nitrogens with two attached hydrogens (primary N) is 1. The first-order valence-electron chi connectivity index (χ1n) is 10.2. The van der Waals surface area contributed by atoms with Gasteiger partial charge in [-0.15, -0.1) is 0 Å². The lowest BCUT2D eigenvalue weighted by atomic mass is 10.1. The molecule has 5 heteroatoms. The van der Waals surface area contributed by atoms with Gasteiger partial charge in [0, 0.05) is 51.3 Å². The van der Waals surface area contributed by atoms with E-state index in [9.17, 15) is 4.79 Å². The van der Waals surface area contributed by atoms with Crippen molar-refractivity contribution in [1.82, 2.24) is 9.80 Å². The third kappa shape index (κ3) is 5.81. The number of hydrogen-bond donors (Lipinski definition) is 1. The Kier molecular flexibility index (Phi) is 7.46. The minimum atomic E-state index is 0.139. The molecule has 0 radical (unpaired) electrons. The molecule has 0 bridgehead atoms. The van der Waals surface area contributed by atoms with Crippen LogP contribution in [0.2, 0.25) is 0 Å². The number of carbonyl (C=O) groups excluding carboxylic acids is 1. The number of nitrogens with zero attached hydrogens (tertiary/aromatic N) is 2. The fourth-order valence-corrected chi connectivity index (χ4v) is 3.48. The first kappa shape index (κ1) is 20.4. The van der Waals surface area contributed by atoms with Gasteiger partial charge in [0.05, 0.1) is 12.3 Å². The van der Waals surface area contributed by atoms with Crippen LogP contribution in [-0.2, 0) is 6.54 Å². The highest BCUT2D eigenvalue weighted by Crippen LogP contribution is 2.23. The first-order chi connectivity index (χ1) is 13.7. The van der Waals surface area contributed by atoms with Crippen LogP contribution in [0.15, 0.2) is 48.5 Å². The molecule has 0 aromatic heterocycles. The van der Waals surface area contributed by atoms with E-state index in [0.717, 1.165) is 45.7 Å². The summed E-state index contributed by atoms with van der Waals surface area (Å²) in [6, 6.07) is 16.0. The van der Waals surface area contributed by atoms with Crippen molar-refractivity contribution in [3.8, 4) is 5.75 Å². The van der Waals surface area contributed by atoms with E-state index in [1.54, 1.807) is 12.1 Å². The summed E-state index contributed by atoms with van der Waals surface area (Å²) in [5.41, 5.74) is 8.59. The summed E-state index contributed by atoms with van der Waals surface area (Å²) in [6.45, 7) is 8.58. The summed E-state index contributed by atoms with van der Waals surface area (Å²) >= 11 is 0. The van der Waals surface area contributed by atoms with Gasteiger partial charge >= 0.3 is 0 Å². The molecule has 3 rings (SSSR count). The molecule has 0 spiro atoms. The Labute approximate surface area is 168 Å². The number of Topliss-reactive ketones (excluding diaryl/α,β-unsaturated/α-hetero) is 1. The Morgan fingerprint density at radius 1 is 1.04 bits per heavy atom. The number of nitrogen functional groups attached to an aromatic ring is 1. The van der Waals surface area contributed by atoms with Gasteiger partial charge in [-0.05, 0) is 30.2 Å². The highest BCUT2D eigenvalue weighted by Gasteiger charge is 2.18. The standard InChI is InChI=1S/C23H31N3O2/c1-2-16-28-23-9-8-20(17-21(23)24)22(27)10-11-25-12-14-26(15-13-25)18-19-6-4-3-5-7-19/h3-9,17H,2,10-16,18,24H2,1H3. The highest BCUT2D eigenvalue weighted by molar-refractivity contribution is 5.97. The number of anilines is 1. The Balaban J connectivity index is 1.42. The van der Waals surface area contributed by atoms with Gasteiger partial charge in [-0.2, -0.15) is 0 Å². The molecule has 28 heavy (non-hydrogen) atoms. The van der Waals surface area contributed by atoms with Crippen molar-refractivity contribution < 1.29 is 9.53 Å². The van der Waals surface area contributed by atoms with Crippen molar-refractivity contribution in [2.45, 2.75) is 26.3 Å². The molecule has 2 aromatic carbocycles. The average molecular weight is 382 g/mol. The van der Waals surface area contributed by atoms with Gasteiger partial charge in [0.25, 0.3) is 0 Å². The van der Waals surface area contributed by atoms with Crippen molar-refractivity contribution in [3.05, 3.63) is 59.7 Å². The van der Waals surface area contributed by atoms with Crippen LogP contribution in [-0.4, -0.2) is 54.9 Å². The van der Waals surface area contributed by atoms with Gasteiger partial charge in [0.2, 0.25) is 0 Å². The minimum absolute atomic E-state index is 0.139. The molecule has 0 amide bonds. The first-order valence-corrected chi connectivity index (χ1v) is 10.2. The zero-order valence-electron chi connectivity index (χ0n) is 16.8. The minimum Gasteiger partial charge on any atom is -0.491 e. The number of hydrogen-bond acceptors (Lipinski definition) is 5. The van der Waals surface area contributed by atoms with Crippen LogP contribution in [0.25, 0.3) is 0 Å². The summed E-state index contributed by atoms with van der Waals surface area (Å²) in [5.74, 6) is 0.799. The highest BCUT2D eigenvalue weighted by atomic mass is 16.5. The van der Waals surface area contributed by atoms with Gasteiger partial charge < -0.3 is 15.4 Å². The molecule has 2 N–H and O–H groups in total. The molecular formula is C23H31N3O2. The molecule has 1 aliphatic rings. The maximum Gasteiger partial charge on any atom is 0.164 e. The lowest BCUT2D eigenvalue weighted by Crippen LogP contribution is -2.46. The van der Waals surface area contributed by atoms with Crippen LogP contribution in [0.3, 0.4) is 0 Å². The third-order valence-corrected chi connectivity index (χ3v) is 5.16. The van der Waals surface area contributed by atoms with Crippen molar-refractivity contribution >= 4 is 11.5 Å². The van der Waals surface area contributed by atoms with Gasteiger partial charge in [-0.25, -0.2) is 0 Å². The van der Waals surface area contributed by atoms with Crippen molar-refractivity contribution in [1.29, 1.82) is 0 Å². The van der Waals surface area contributed by atoms with E-state index in [1.807, 2.05) is 6.07 Å². The fraction of sp³-hybridized carbons (Fsp3) is 0.435. The summed E-state index contributed by atoms with van der Waals surface area (Å²) in [7, 11) is 0. The molecule has 1 heterocycles. The van der Waals surface area contributed by atoms with E-state index in [0.29, 0.717) is 30.0 Å². The lowest BCUT2D eigenvalue weighted by molar-refractivity contribution is 0.0922. The van der Waals surface area contributed by atoms with Crippen LogP contribution in [0.1, 0.15) is 35.7 Å². The van der Waals surface area contributed by atoms with Gasteiger partial charge in [0.1, 0.15) is 5.75 Å². The summed E-state index contributed by atoms with van der Waals surface area (Å²) in [6.07, 6.45) is 1.45. The quantitative estimate of drug-likeness (QED) is 0.533. The number of ketones is 1. The Morgan fingerprint density at radius 2 is 1.75 bits per heavy atom. The van der Waals surface area contributed by atoms with Crippen LogP contribution in [0.4, 0.5) is 5.69 Å². The SMILES string of the molecule is CCCOc1ccc(C(=O)CCN2CCN(Cc3ccccc3)CC2)cc1N. The summed E-state index contributed by atoms with van der Waals surface area (Å²) in [4.78, 5) is 17.4. The van der Waals surface area contributed by atoms with Crippen LogP contribution < -0.4 is 10.5 Å². The molecule has 0 unspecified atom stereocenters. The van der Waals surface area contributed by atoms with E-state index in [1.165, 1.54) is 5.56 Å². The van der Waals surface area contributed by atoms with E-state index < -0.39 is 0 Å². The number of carbonyl (C=O) groups is 1. The molecule has 2 aromatic rings. The van der Waals surface area contributed by atoms with E-state index in [4.69, 9.17) is 10.5 Å². The molecule has 5 nitrogen and oxygen atoms in total. The number of rotatable bonds is 9. The Hall–Kier alpha value is -2.37. The molecular weight excluding hydrogens is 350 g/mol. The van der Waals surface area contributed by atoms with Crippen LogP contribution >= 0.6 is 0 Å². The number of benzene rings is 2. The maximum atomic E-state index is 12.5. The van der Waals surface area contributed by atoms with Crippen LogP contribution in [0, 0.1) is 0 Å². The second-order valence-corrected chi connectivity index (χ2v) is 7.38. The molecule has 150 valence electrons. The van der Waals surface area contributed by atoms with E-state index >= 15 is 0 Å². The van der Waals surface area contributed by atoms with Gasteiger partial charge in [0.15, 0.2) is 5.78 Å². The molecule has 1 saturated heterocycles. The molecule has 0 aliphatic carbocycles. The number of piperazine rings is 1. The topological polar surface area (TPSA) is 58.8 Å². The largest absolute Gasteiger partial charge is 0.491 e. The Bertz CT molecular complexity index is 756. The van der Waals surface area contributed by atoms with E-state index in [-0.39, 0.29) is 5.78 Å². The van der Waals surface area contributed by atoms with Gasteiger partial charge in [-0.3, -0.25) is 9.69 Å². The average Bonchev–Trinajstić information content (AvgIpc) is 2.73. The van der Waals surface area contributed by atoms with E-state index in [2.05, 4.69) is 47.1 Å². The number of ether oxygens (including phenoxy) is 1. The summed E-state index contributed by atoms with van der Waals surface area (Å²) in [5, 5.41) is 0. The molecule has 0 saturated carbocycles. The molecule has 0 atom stereocenters. The molecule has 1 aliphatic heterocycles. The smallest absolute Gasteiger partial charge is 0.164 e. The normalized spacial score (nSPS) is 15.5. The second-order valence-electron chi connectivity index (χ2n) is 7.38.